The topological polar surface area (TPSA) is 25.8 Å². The van der Waals surface area contributed by atoms with Gasteiger partial charge >= 0.3 is 92.1 Å². The maximum atomic E-state index is 4.57. The molecule has 0 atom stereocenters. The number of rotatable bonds is 0. The monoisotopic (exact) mass is 266 g/mol. The third-order valence-electron chi connectivity index (χ3n) is 2.06. The van der Waals surface area contributed by atoms with Crippen LogP contribution in [0.3, 0.4) is 0 Å². The third kappa shape index (κ3) is 1.19. The van der Waals surface area contributed by atoms with E-state index in [2.05, 4.69) is 27.5 Å². The van der Waals surface area contributed by atoms with Gasteiger partial charge in [-0.15, -0.1) is 0 Å². The van der Waals surface area contributed by atoms with Crippen LogP contribution in [0.4, 0.5) is 0 Å². The van der Waals surface area contributed by atoms with Crippen LogP contribution in [0.5, 0.6) is 0 Å². The van der Waals surface area contributed by atoms with Crippen LogP contribution >= 0.6 is 12.6 Å². The summed E-state index contributed by atoms with van der Waals surface area (Å²) in [5.74, 6) is 0. The van der Waals surface area contributed by atoms with Gasteiger partial charge in [0.2, 0.25) is 0 Å². The molecule has 0 saturated heterocycles. The van der Waals surface area contributed by atoms with E-state index in [9.17, 15) is 0 Å². The first-order valence-corrected chi connectivity index (χ1v) is 6.47. The molecule has 2 nitrogen and oxygen atoms in total. The molecule has 0 unspecified atom stereocenters. The summed E-state index contributed by atoms with van der Waals surface area (Å²) in [5.41, 5.74) is 2.89. The Kier molecular flexibility index (Phi) is 1.87. The van der Waals surface area contributed by atoms with E-state index in [0.717, 1.165) is 25.8 Å². The molecule has 4 heteroatoms. The van der Waals surface area contributed by atoms with Crippen molar-refractivity contribution in [2.24, 2.45) is 0 Å². The molecule has 0 aliphatic heterocycles. The summed E-state index contributed by atoms with van der Waals surface area (Å²) in [6.07, 6.45) is 0. The molecule has 3 rings (SSSR count). The van der Waals surface area contributed by atoms with Crippen molar-refractivity contribution in [3.8, 4) is 0 Å². The fourth-order valence-corrected chi connectivity index (χ4v) is 3.58. The average molecular weight is 265 g/mol. The average Bonchev–Trinajstić information content (AvgIpc) is 2.57. The van der Waals surface area contributed by atoms with Gasteiger partial charge in [-0.1, -0.05) is 0 Å². The summed E-state index contributed by atoms with van der Waals surface area (Å²) >= 11 is 4.68. The Morgan fingerprint density at radius 2 is 1.79 bits per heavy atom. The van der Waals surface area contributed by atoms with E-state index in [-0.39, 0.29) is 0 Å². The maximum absolute atomic E-state index is 4.57. The molecule has 14 heavy (non-hydrogen) atoms. The van der Waals surface area contributed by atoms with E-state index in [1.54, 1.807) is 0 Å². The standard InChI is InChI=1S/C10H6N2SSe/c13-8-5-14-10-9(8)11-6-3-1-2-4-7(6)12-10/h1-5,13H. The van der Waals surface area contributed by atoms with Gasteiger partial charge < -0.3 is 0 Å². The minimum absolute atomic E-state index is 0.309. The molecule has 68 valence electrons. The predicted octanol–water partition coefficient (Wildman–Crippen LogP) is 2.13. The van der Waals surface area contributed by atoms with Crippen LogP contribution in [0.1, 0.15) is 0 Å². The summed E-state index contributed by atoms with van der Waals surface area (Å²) in [4.78, 5) is 12.2. The molecule has 0 amide bonds. The fourth-order valence-electron chi connectivity index (χ4n) is 1.40. The molecule has 1 aromatic carbocycles. The summed E-state index contributed by atoms with van der Waals surface area (Å²) in [6, 6.07) is 7.94. The molecule has 0 saturated carbocycles. The van der Waals surface area contributed by atoms with Crippen molar-refractivity contribution in [3.05, 3.63) is 29.2 Å². The van der Waals surface area contributed by atoms with Gasteiger partial charge in [0.05, 0.1) is 0 Å². The first-order chi connectivity index (χ1) is 6.84. The summed E-state index contributed by atoms with van der Waals surface area (Å²) in [7, 11) is 0. The Labute approximate surface area is 92.1 Å². The van der Waals surface area contributed by atoms with E-state index in [0.29, 0.717) is 14.5 Å². The first kappa shape index (κ1) is 8.48. The van der Waals surface area contributed by atoms with Crippen molar-refractivity contribution in [1.29, 1.82) is 0 Å². The number of hydrogen-bond acceptors (Lipinski definition) is 3. The zero-order chi connectivity index (χ0) is 9.54. The van der Waals surface area contributed by atoms with Crippen molar-refractivity contribution in [2.45, 2.75) is 4.90 Å². The zero-order valence-corrected chi connectivity index (χ0v) is 9.74. The molecule has 3 aromatic rings. The second kappa shape index (κ2) is 3.09. The van der Waals surface area contributed by atoms with Crippen LogP contribution in [0.2, 0.25) is 0 Å². The molecule has 0 aliphatic carbocycles. The van der Waals surface area contributed by atoms with Crippen molar-refractivity contribution in [1.82, 2.24) is 9.97 Å². The summed E-state index contributed by atoms with van der Waals surface area (Å²) < 4.78 is 1.10. The molecule has 0 aliphatic rings. The number of nitrogens with zero attached hydrogens (tertiary/aromatic N) is 2. The number of aromatic nitrogens is 2. The summed E-state index contributed by atoms with van der Waals surface area (Å²) in [5, 5.41) is 0. The Bertz CT molecular complexity index is 618. The number of para-hydroxylation sites is 2. The number of thiol groups is 1. The van der Waals surface area contributed by atoms with E-state index in [4.69, 9.17) is 0 Å². The fraction of sp³-hybridized carbons (Fsp3) is 0. The van der Waals surface area contributed by atoms with Gasteiger partial charge in [-0.3, -0.25) is 0 Å². The van der Waals surface area contributed by atoms with Crippen LogP contribution < -0.4 is 0 Å². The molecule has 0 radical (unpaired) electrons. The van der Waals surface area contributed by atoms with Crippen LogP contribution in [-0.2, 0) is 0 Å². The Morgan fingerprint density at radius 1 is 1.07 bits per heavy atom. The second-order valence-electron chi connectivity index (χ2n) is 2.99. The van der Waals surface area contributed by atoms with Gasteiger partial charge in [0, 0.05) is 0 Å². The van der Waals surface area contributed by atoms with Gasteiger partial charge in [-0.05, 0) is 0 Å². The SMILES string of the molecule is Sc1c[se]c2nc3ccccc3nc12. The molecular weight excluding hydrogens is 259 g/mol. The van der Waals surface area contributed by atoms with Gasteiger partial charge in [0.25, 0.3) is 0 Å². The van der Waals surface area contributed by atoms with Crippen molar-refractivity contribution in [3.63, 3.8) is 0 Å². The normalized spacial score (nSPS) is 11.2. The molecule has 0 fully saturated rings. The van der Waals surface area contributed by atoms with Crippen LogP contribution in [-0.4, -0.2) is 24.5 Å². The summed E-state index contributed by atoms with van der Waals surface area (Å²) in [6.45, 7) is 0. The van der Waals surface area contributed by atoms with Crippen LogP contribution in [0.15, 0.2) is 34.1 Å². The van der Waals surface area contributed by atoms with Crippen molar-refractivity contribution >= 4 is 48.1 Å². The van der Waals surface area contributed by atoms with Crippen molar-refractivity contribution in [2.75, 3.05) is 0 Å². The zero-order valence-electron chi connectivity index (χ0n) is 7.14. The van der Waals surface area contributed by atoms with Crippen LogP contribution in [0, 0.1) is 0 Å². The second-order valence-corrected chi connectivity index (χ2v) is 5.27. The molecule has 0 bridgehead atoms. The predicted molar refractivity (Wildman–Crippen MR) is 61.2 cm³/mol. The van der Waals surface area contributed by atoms with E-state index in [1.165, 1.54) is 0 Å². The van der Waals surface area contributed by atoms with Gasteiger partial charge in [0.1, 0.15) is 0 Å². The molecular formula is C10H6N2SSe. The van der Waals surface area contributed by atoms with Crippen molar-refractivity contribution < 1.29 is 0 Å². The quantitative estimate of drug-likeness (QED) is 0.497. The molecule has 0 spiro atoms. The molecule has 0 N–H and O–H groups in total. The molecule has 2 heterocycles. The van der Waals surface area contributed by atoms with E-state index in [1.807, 2.05) is 24.3 Å². The first-order valence-electron chi connectivity index (χ1n) is 4.17. The van der Waals surface area contributed by atoms with Crippen LogP contribution in [0.25, 0.3) is 20.9 Å². The minimum atomic E-state index is 0.309. The Hall–Kier alpha value is -0.831. The van der Waals surface area contributed by atoms with Gasteiger partial charge in [-0.2, -0.15) is 0 Å². The third-order valence-corrected chi connectivity index (χ3v) is 4.60. The Balaban J connectivity index is 2.54. The van der Waals surface area contributed by atoms with Gasteiger partial charge in [0.15, 0.2) is 0 Å². The van der Waals surface area contributed by atoms with E-state index >= 15 is 0 Å². The van der Waals surface area contributed by atoms with E-state index < -0.39 is 0 Å². The number of benzene rings is 1. The molecule has 2 aromatic heterocycles. The van der Waals surface area contributed by atoms with Gasteiger partial charge in [-0.25, -0.2) is 0 Å². The number of hydrogen-bond donors (Lipinski definition) is 1. The Morgan fingerprint density at radius 3 is 2.57 bits per heavy atom. The number of fused-ring (bicyclic) bond motifs is 2.